The van der Waals surface area contributed by atoms with Gasteiger partial charge in [0, 0.05) is 22.8 Å². The van der Waals surface area contributed by atoms with Gasteiger partial charge in [-0.25, -0.2) is 0 Å². The van der Waals surface area contributed by atoms with Crippen LogP contribution in [0.3, 0.4) is 0 Å². The quantitative estimate of drug-likeness (QED) is 0.200. The number of allylic oxidation sites excluding steroid dienone is 5. The SMILES string of the molecule is C1=CC2C=Cc3oc4cc(-c5ccc6c(-c7ccccc7)c7ccccc7c(-c7ccccc7)c6c5)ccc4c3C2C=C1. The van der Waals surface area contributed by atoms with E-state index in [9.17, 15) is 0 Å². The Balaban J connectivity index is 1.29. The summed E-state index contributed by atoms with van der Waals surface area (Å²) in [5, 5.41) is 6.26. The molecule has 0 spiro atoms. The Bertz CT molecular complexity index is 2280. The molecule has 2 atom stereocenters. The molecule has 6 aromatic carbocycles. The molecule has 1 nitrogen and oxygen atoms in total. The van der Waals surface area contributed by atoms with E-state index in [1.165, 1.54) is 60.3 Å². The summed E-state index contributed by atoms with van der Waals surface area (Å²) in [5.41, 5.74) is 9.61. The highest BCUT2D eigenvalue weighted by Crippen LogP contribution is 2.46. The van der Waals surface area contributed by atoms with Crippen LogP contribution in [0.25, 0.3) is 72.0 Å². The topological polar surface area (TPSA) is 13.1 Å². The maximum atomic E-state index is 6.47. The van der Waals surface area contributed by atoms with Gasteiger partial charge in [-0.3, -0.25) is 0 Å². The van der Waals surface area contributed by atoms with Crippen LogP contribution in [0.2, 0.25) is 0 Å². The molecule has 0 saturated carbocycles. The first-order valence-electron chi connectivity index (χ1n) is 15.0. The highest BCUT2D eigenvalue weighted by atomic mass is 16.3. The van der Waals surface area contributed by atoms with E-state index in [-0.39, 0.29) is 0 Å². The van der Waals surface area contributed by atoms with Gasteiger partial charge in [-0.05, 0) is 73.1 Å². The second kappa shape index (κ2) is 9.58. The standard InChI is InChI=1S/C42H28O/c1-3-12-28(13-4-1)40-33-17-9-10-18-34(33)41(29-14-5-2-6-15-29)37-25-30(19-22-35(37)40)31-20-23-36-39(26-31)43-38-24-21-27-11-7-8-16-32(27)42(36)38/h1-27,32H. The van der Waals surface area contributed by atoms with Gasteiger partial charge in [0.05, 0.1) is 0 Å². The van der Waals surface area contributed by atoms with Gasteiger partial charge in [0.1, 0.15) is 11.3 Å². The summed E-state index contributed by atoms with van der Waals surface area (Å²) in [6.45, 7) is 0. The van der Waals surface area contributed by atoms with Crippen LogP contribution in [0.15, 0.2) is 156 Å². The molecule has 0 amide bonds. The summed E-state index contributed by atoms with van der Waals surface area (Å²) in [4.78, 5) is 0. The molecule has 0 saturated heterocycles. The van der Waals surface area contributed by atoms with Crippen LogP contribution in [0.4, 0.5) is 0 Å². The minimum absolute atomic E-state index is 0.330. The molecule has 202 valence electrons. The fourth-order valence-electron chi connectivity index (χ4n) is 7.27. The van der Waals surface area contributed by atoms with Crippen molar-refractivity contribution in [2.45, 2.75) is 5.92 Å². The average molecular weight is 549 g/mol. The molecule has 1 heterocycles. The van der Waals surface area contributed by atoms with E-state index in [4.69, 9.17) is 4.42 Å². The first kappa shape index (κ1) is 24.2. The Morgan fingerprint density at radius 3 is 1.74 bits per heavy atom. The molecule has 0 bridgehead atoms. The molecule has 7 aromatic rings. The maximum Gasteiger partial charge on any atom is 0.135 e. The molecule has 9 rings (SSSR count). The normalized spacial score (nSPS) is 17.0. The predicted molar refractivity (Wildman–Crippen MR) is 181 cm³/mol. The number of hydrogen-bond acceptors (Lipinski definition) is 1. The highest BCUT2D eigenvalue weighted by molar-refractivity contribution is 6.22. The number of rotatable bonds is 3. The van der Waals surface area contributed by atoms with E-state index in [2.05, 4.69) is 158 Å². The fourth-order valence-corrected chi connectivity index (χ4v) is 7.27. The van der Waals surface area contributed by atoms with Crippen molar-refractivity contribution < 1.29 is 4.42 Å². The average Bonchev–Trinajstić information content (AvgIpc) is 3.46. The van der Waals surface area contributed by atoms with Crippen molar-refractivity contribution in [3.8, 4) is 33.4 Å². The van der Waals surface area contributed by atoms with Crippen molar-refractivity contribution >= 4 is 38.6 Å². The maximum absolute atomic E-state index is 6.47. The molecular formula is C42H28O. The third kappa shape index (κ3) is 3.78. The summed E-state index contributed by atoms with van der Waals surface area (Å²) < 4.78 is 6.47. The molecular weight excluding hydrogens is 520 g/mol. The molecule has 2 aliphatic carbocycles. The van der Waals surface area contributed by atoms with Crippen LogP contribution in [-0.4, -0.2) is 0 Å². The molecule has 0 fully saturated rings. The van der Waals surface area contributed by atoms with Crippen molar-refractivity contribution in [1.82, 2.24) is 0 Å². The van der Waals surface area contributed by atoms with Gasteiger partial charge >= 0.3 is 0 Å². The van der Waals surface area contributed by atoms with Crippen molar-refractivity contribution in [2.24, 2.45) is 5.92 Å². The smallest absolute Gasteiger partial charge is 0.135 e. The number of fused-ring (bicyclic) bond motifs is 7. The molecule has 1 aromatic heterocycles. The Kier molecular flexibility index (Phi) is 5.39. The summed E-state index contributed by atoms with van der Waals surface area (Å²) in [6.07, 6.45) is 13.3. The van der Waals surface area contributed by atoms with E-state index in [0.717, 1.165) is 16.9 Å². The van der Waals surface area contributed by atoms with Crippen LogP contribution in [-0.2, 0) is 0 Å². The van der Waals surface area contributed by atoms with Gasteiger partial charge in [-0.1, -0.05) is 140 Å². The van der Waals surface area contributed by atoms with Crippen LogP contribution in [0, 0.1) is 5.92 Å². The van der Waals surface area contributed by atoms with Gasteiger partial charge in [-0.2, -0.15) is 0 Å². The second-order valence-electron chi connectivity index (χ2n) is 11.6. The van der Waals surface area contributed by atoms with Crippen LogP contribution < -0.4 is 0 Å². The van der Waals surface area contributed by atoms with Crippen molar-refractivity contribution in [3.05, 3.63) is 163 Å². The minimum Gasteiger partial charge on any atom is -0.456 e. The molecule has 2 aliphatic rings. The van der Waals surface area contributed by atoms with Crippen LogP contribution >= 0.6 is 0 Å². The van der Waals surface area contributed by atoms with Crippen LogP contribution in [0.1, 0.15) is 17.2 Å². The molecule has 0 N–H and O–H groups in total. The van der Waals surface area contributed by atoms with E-state index < -0.39 is 0 Å². The molecule has 0 aliphatic heterocycles. The monoisotopic (exact) mass is 548 g/mol. The van der Waals surface area contributed by atoms with Crippen LogP contribution in [0.5, 0.6) is 0 Å². The number of benzene rings is 6. The summed E-state index contributed by atoms with van der Waals surface area (Å²) in [7, 11) is 0. The zero-order valence-electron chi connectivity index (χ0n) is 23.6. The van der Waals surface area contributed by atoms with Gasteiger partial charge in [0.25, 0.3) is 0 Å². The lowest BCUT2D eigenvalue weighted by Crippen LogP contribution is -2.12. The zero-order valence-corrected chi connectivity index (χ0v) is 23.6. The van der Waals surface area contributed by atoms with E-state index in [1.807, 2.05) is 0 Å². The lowest BCUT2D eigenvalue weighted by atomic mass is 9.78. The van der Waals surface area contributed by atoms with Crippen molar-refractivity contribution in [3.63, 3.8) is 0 Å². The Hall–Kier alpha value is -5.40. The minimum atomic E-state index is 0.330. The largest absolute Gasteiger partial charge is 0.456 e. The van der Waals surface area contributed by atoms with Crippen molar-refractivity contribution in [2.75, 3.05) is 0 Å². The Morgan fingerprint density at radius 2 is 1.02 bits per heavy atom. The van der Waals surface area contributed by atoms with E-state index in [1.54, 1.807) is 0 Å². The summed E-state index contributed by atoms with van der Waals surface area (Å²) in [5.74, 6) is 1.71. The van der Waals surface area contributed by atoms with Crippen molar-refractivity contribution in [1.29, 1.82) is 0 Å². The van der Waals surface area contributed by atoms with Gasteiger partial charge in [-0.15, -0.1) is 0 Å². The number of furan rings is 1. The zero-order chi connectivity index (χ0) is 28.3. The molecule has 1 heteroatoms. The van der Waals surface area contributed by atoms with Gasteiger partial charge in [0.2, 0.25) is 0 Å². The molecule has 0 radical (unpaired) electrons. The van der Waals surface area contributed by atoms with Gasteiger partial charge in [0.15, 0.2) is 0 Å². The Labute approximate surface area is 250 Å². The Morgan fingerprint density at radius 1 is 0.442 bits per heavy atom. The highest BCUT2D eigenvalue weighted by Gasteiger charge is 2.29. The summed E-state index contributed by atoms with van der Waals surface area (Å²) >= 11 is 0. The third-order valence-corrected chi connectivity index (χ3v) is 9.22. The number of hydrogen-bond donors (Lipinski definition) is 0. The lowest BCUT2D eigenvalue weighted by molar-refractivity contribution is 0.578. The molecule has 43 heavy (non-hydrogen) atoms. The fraction of sp³-hybridized carbons (Fsp3) is 0.0476. The van der Waals surface area contributed by atoms with E-state index >= 15 is 0 Å². The summed E-state index contributed by atoms with van der Waals surface area (Å²) in [6, 6.07) is 44.1. The lowest BCUT2D eigenvalue weighted by Gasteiger charge is -2.24. The van der Waals surface area contributed by atoms with Gasteiger partial charge < -0.3 is 4.42 Å². The van der Waals surface area contributed by atoms with E-state index in [0.29, 0.717) is 11.8 Å². The first-order chi connectivity index (χ1) is 21.3. The first-order valence-corrected chi connectivity index (χ1v) is 15.0. The third-order valence-electron chi connectivity index (χ3n) is 9.22. The predicted octanol–water partition coefficient (Wildman–Crippen LogP) is 11.6. The molecule has 2 unspecified atom stereocenters. The second-order valence-corrected chi connectivity index (χ2v) is 11.6.